The van der Waals surface area contributed by atoms with Crippen molar-refractivity contribution in [2.75, 3.05) is 0 Å². The molecule has 1 fully saturated rings. The minimum absolute atomic E-state index is 0.257. The molecule has 48 valence electrons. The molecule has 1 aromatic heterocycles. The van der Waals surface area contributed by atoms with Crippen molar-refractivity contribution >= 4 is 0 Å². The minimum Gasteiger partial charge on any atom is -0.177 e. The Bertz CT molecular complexity index is 199. The van der Waals surface area contributed by atoms with Gasteiger partial charge in [-0.2, -0.15) is 5.21 Å². The number of rotatable bonds is 1. The summed E-state index contributed by atoms with van der Waals surface area (Å²) in [6.45, 7) is 2.15. The van der Waals surface area contributed by atoms with Gasteiger partial charge in [-0.1, -0.05) is 12.1 Å². The van der Waals surface area contributed by atoms with Gasteiger partial charge in [0.05, 0.1) is 0 Å². The van der Waals surface area contributed by atoms with Crippen LogP contribution in [-0.4, -0.2) is 20.6 Å². The number of H-pyrrole nitrogens is 1. The normalized spacial score (nSPS) is 21.9. The molecule has 0 unspecified atom stereocenters. The first-order valence-electron chi connectivity index (χ1n) is 3.05. The van der Waals surface area contributed by atoms with Crippen LogP contribution in [0.3, 0.4) is 0 Å². The predicted molar refractivity (Wildman–Crippen MR) is 30.8 cm³/mol. The summed E-state index contributed by atoms with van der Waals surface area (Å²) >= 11 is 0. The fraction of sp³-hybridized carbons (Fsp3) is 0.800. The third-order valence-electron chi connectivity index (χ3n) is 1.89. The average molecular weight is 124 g/mol. The Hall–Kier alpha value is -0.930. The van der Waals surface area contributed by atoms with E-state index in [9.17, 15) is 0 Å². The zero-order chi connectivity index (χ0) is 6.32. The number of nitrogens with one attached hydrogen (secondary N) is 1. The lowest BCUT2D eigenvalue weighted by molar-refractivity contribution is 0.711. The molecule has 4 nitrogen and oxygen atoms in total. The van der Waals surface area contributed by atoms with Crippen molar-refractivity contribution in [3.63, 3.8) is 0 Å². The Morgan fingerprint density at radius 2 is 2.33 bits per heavy atom. The standard InChI is InChI=1S/C5H8N4/c1-5(2-3-5)4-6-8-9-7-4/h2-3H2,1H3,(H,6,7,8,9). The molecular formula is C5H8N4. The van der Waals surface area contributed by atoms with E-state index in [1.54, 1.807) is 0 Å². The van der Waals surface area contributed by atoms with E-state index >= 15 is 0 Å². The molecule has 0 aliphatic heterocycles. The maximum Gasteiger partial charge on any atom is 0.180 e. The van der Waals surface area contributed by atoms with E-state index in [1.807, 2.05) is 0 Å². The van der Waals surface area contributed by atoms with Crippen LogP contribution < -0.4 is 0 Å². The summed E-state index contributed by atoms with van der Waals surface area (Å²) in [5.41, 5.74) is 0.257. The van der Waals surface area contributed by atoms with Crippen LogP contribution in [-0.2, 0) is 5.41 Å². The lowest BCUT2D eigenvalue weighted by Crippen LogP contribution is -2.01. The second-order valence-corrected chi connectivity index (χ2v) is 2.80. The molecule has 0 radical (unpaired) electrons. The van der Waals surface area contributed by atoms with Crippen LogP contribution in [0.5, 0.6) is 0 Å². The van der Waals surface area contributed by atoms with Gasteiger partial charge in [-0.05, 0) is 12.8 Å². The van der Waals surface area contributed by atoms with Gasteiger partial charge in [0.1, 0.15) is 0 Å². The van der Waals surface area contributed by atoms with E-state index in [4.69, 9.17) is 0 Å². The molecule has 0 bridgehead atoms. The maximum absolute atomic E-state index is 3.90. The molecule has 1 aliphatic carbocycles. The summed E-state index contributed by atoms with van der Waals surface area (Å²) in [4.78, 5) is 0. The highest BCUT2D eigenvalue weighted by Crippen LogP contribution is 2.45. The van der Waals surface area contributed by atoms with Crippen molar-refractivity contribution in [2.24, 2.45) is 0 Å². The first kappa shape index (κ1) is 4.90. The van der Waals surface area contributed by atoms with Crippen molar-refractivity contribution in [3.8, 4) is 0 Å². The third-order valence-corrected chi connectivity index (χ3v) is 1.89. The van der Waals surface area contributed by atoms with Gasteiger partial charge in [0.2, 0.25) is 0 Å². The van der Waals surface area contributed by atoms with Crippen molar-refractivity contribution < 1.29 is 0 Å². The molecule has 1 aliphatic rings. The smallest absolute Gasteiger partial charge is 0.177 e. The number of hydrogen-bond acceptors (Lipinski definition) is 3. The number of tetrazole rings is 1. The van der Waals surface area contributed by atoms with Gasteiger partial charge in [-0.15, -0.1) is 10.2 Å². The van der Waals surface area contributed by atoms with Crippen molar-refractivity contribution in [1.29, 1.82) is 0 Å². The third kappa shape index (κ3) is 0.624. The Morgan fingerprint density at radius 1 is 1.56 bits per heavy atom. The molecule has 1 saturated carbocycles. The van der Waals surface area contributed by atoms with Crippen molar-refractivity contribution in [2.45, 2.75) is 25.2 Å². The zero-order valence-electron chi connectivity index (χ0n) is 5.26. The van der Waals surface area contributed by atoms with Crippen LogP contribution in [0.25, 0.3) is 0 Å². The number of aromatic nitrogens is 4. The Morgan fingerprint density at radius 3 is 2.78 bits per heavy atom. The van der Waals surface area contributed by atoms with Crippen LogP contribution in [0, 0.1) is 0 Å². The van der Waals surface area contributed by atoms with Crippen LogP contribution >= 0.6 is 0 Å². The molecule has 0 amide bonds. The highest BCUT2D eigenvalue weighted by molar-refractivity contribution is 5.12. The summed E-state index contributed by atoms with van der Waals surface area (Å²) in [5, 5.41) is 13.7. The van der Waals surface area contributed by atoms with Gasteiger partial charge in [-0.3, -0.25) is 0 Å². The molecule has 1 aromatic rings. The Balaban J connectivity index is 2.34. The largest absolute Gasteiger partial charge is 0.180 e. The van der Waals surface area contributed by atoms with Gasteiger partial charge < -0.3 is 0 Å². The van der Waals surface area contributed by atoms with E-state index in [0.717, 1.165) is 5.82 Å². The summed E-state index contributed by atoms with van der Waals surface area (Å²) in [6, 6.07) is 0. The predicted octanol–water partition coefficient (Wildman–Crippen LogP) is 0.251. The van der Waals surface area contributed by atoms with E-state index in [2.05, 4.69) is 27.5 Å². The summed E-state index contributed by atoms with van der Waals surface area (Å²) in [6.07, 6.45) is 2.40. The van der Waals surface area contributed by atoms with Gasteiger partial charge in [0, 0.05) is 5.41 Å². The summed E-state index contributed by atoms with van der Waals surface area (Å²) < 4.78 is 0. The fourth-order valence-corrected chi connectivity index (χ4v) is 0.829. The number of hydrogen-bond donors (Lipinski definition) is 1. The highest BCUT2D eigenvalue weighted by atomic mass is 15.5. The molecule has 0 saturated heterocycles. The van der Waals surface area contributed by atoms with E-state index in [-0.39, 0.29) is 5.41 Å². The van der Waals surface area contributed by atoms with E-state index in [0.29, 0.717) is 0 Å². The SMILES string of the molecule is CC1(c2nn[nH]n2)CC1. The van der Waals surface area contributed by atoms with Crippen LogP contribution in [0.15, 0.2) is 0 Å². The second kappa shape index (κ2) is 1.32. The lowest BCUT2D eigenvalue weighted by atomic mass is 10.1. The zero-order valence-corrected chi connectivity index (χ0v) is 5.26. The highest BCUT2D eigenvalue weighted by Gasteiger charge is 2.42. The quantitative estimate of drug-likeness (QED) is 0.584. The summed E-state index contributed by atoms with van der Waals surface area (Å²) in [5.74, 6) is 0.863. The maximum atomic E-state index is 3.90. The first-order valence-corrected chi connectivity index (χ1v) is 3.05. The van der Waals surface area contributed by atoms with Gasteiger partial charge in [-0.25, -0.2) is 0 Å². The topological polar surface area (TPSA) is 54.5 Å². The molecule has 0 spiro atoms. The molecule has 9 heavy (non-hydrogen) atoms. The monoisotopic (exact) mass is 124 g/mol. The van der Waals surface area contributed by atoms with Crippen LogP contribution in [0.4, 0.5) is 0 Å². The van der Waals surface area contributed by atoms with Gasteiger partial charge in [0.15, 0.2) is 5.82 Å². The van der Waals surface area contributed by atoms with Gasteiger partial charge >= 0.3 is 0 Å². The molecule has 2 rings (SSSR count). The molecule has 0 aromatic carbocycles. The molecule has 1 N–H and O–H groups in total. The first-order chi connectivity index (χ1) is 4.31. The summed E-state index contributed by atoms with van der Waals surface area (Å²) in [7, 11) is 0. The van der Waals surface area contributed by atoms with Gasteiger partial charge in [0.25, 0.3) is 0 Å². The van der Waals surface area contributed by atoms with E-state index < -0.39 is 0 Å². The van der Waals surface area contributed by atoms with E-state index in [1.165, 1.54) is 12.8 Å². The van der Waals surface area contributed by atoms with Crippen molar-refractivity contribution in [3.05, 3.63) is 5.82 Å². The molecule has 1 heterocycles. The second-order valence-electron chi connectivity index (χ2n) is 2.80. The Kier molecular flexibility index (Phi) is 0.717. The fourth-order valence-electron chi connectivity index (χ4n) is 0.829. The average Bonchev–Trinajstić information content (AvgIpc) is 2.46. The number of aromatic amines is 1. The van der Waals surface area contributed by atoms with Crippen molar-refractivity contribution in [1.82, 2.24) is 20.6 Å². The molecule has 0 atom stereocenters. The number of nitrogens with zero attached hydrogens (tertiary/aromatic N) is 3. The Labute approximate surface area is 52.7 Å². The molecular weight excluding hydrogens is 116 g/mol. The van der Waals surface area contributed by atoms with Crippen LogP contribution in [0.1, 0.15) is 25.6 Å². The minimum atomic E-state index is 0.257. The molecule has 4 heteroatoms. The van der Waals surface area contributed by atoms with Crippen LogP contribution in [0.2, 0.25) is 0 Å². The lowest BCUT2D eigenvalue weighted by Gasteiger charge is -1.95.